The SMILES string of the molecule is Cc1ccc(-c2cc(-c3ccccc3C)[nH]n2)cc1. The largest absolute Gasteiger partial charge is 0.277 e. The molecule has 2 heteroatoms. The van der Waals surface area contributed by atoms with Crippen molar-refractivity contribution < 1.29 is 0 Å². The Morgan fingerprint density at radius 3 is 2.37 bits per heavy atom. The fourth-order valence-electron chi connectivity index (χ4n) is 2.21. The average Bonchev–Trinajstić information content (AvgIpc) is 2.89. The summed E-state index contributed by atoms with van der Waals surface area (Å²) >= 11 is 0. The molecule has 0 aliphatic carbocycles. The second-order valence-electron chi connectivity index (χ2n) is 4.85. The van der Waals surface area contributed by atoms with Crippen molar-refractivity contribution in [1.29, 1.82) is 0 Å². The van der Waals surface area contributed by atoms with Crippen molar-refractivity contribution in [2.75, 3.05) is 0 Å². The number of aromatic amines is 1. The van der Waals surface area contributed by atoms with Crippen LogP contribution in [0.5, 0.6) is 0 Å². The van der Waals surface area contributed by atoms with Crippen LogP contribution in [-0.4, -0.2) is 10.2 Å². The molecule has 0 radical (unpaired) electrons. The second kappa shape index (κ2) is 4.73. The van der Waals surface area contributed by atoms with Gasteiger partial charge in [0.15, 0.2) is 0 Å². The minimum atomic E-state index is 0.984. The Hall–Kier alpha value is -2.35. The summed E-state index contributed by atoms with van der Waals surface area (Å²) in [6.45, 7) is 4.20. The number of nitrogens with zero attached hydrogens (tertiary/aromatic N) is 1. The van der Waals surface area contributed by atoms with Crippen LogP contribution in [-0.2, 0) is 0 Å². The van der Waals surface area contributed by atoms with Crippen molar-refractivity contribution in [3.63, 3.8) is 0 Å². The summed E-state index contributed by atoms with van der Waals surface area (Å²) < 4.78 is 0. The van der Waals surface area contributed by atoms with E-state index in [2.05, 4.69) is 78.6 Å². The predicted molar refractivity (Wildman–Crippen MR) is 78.9 cm³/mol. The molecule has 1 heterocycles. The maximum atomic E-state index is 4.41. The van der Waals surface area contributed by atoms with Gasteiger partial charge in [-0.25, -0.2) is 0 Å². The molecule has 0 aliphatic rings. The van der Waals surface area contributed by atoms with Gasteiger partial charge in [0.1, 0.15) is 0 Å². The Kier molecular flexibility index (Phi) is 2.92. The van der Waals surface area contributed by atoms with Gasteiger partial charge >= 0.3 is 0 Å². The number of aryl methyl sites for hydroxylation is 2. The summed E-state index contributed by atoms with van der Waals surface area (Å²) in [5.41, 5.74) is 6.90. The van der Waals surface area contributed by atoms with Crippen LogP contribution in [0.3, 0.4) is 0 Å². The summed E-state index contributed by atoms with van der Waals surface area (Å²) in [5.74, 6) is 0. The van der Waals surface area contributed by atoms with Crippen molar-refractivity contribution in [3.8, 4) is 22.5 Å². The molecular formula is C17H16N2. The third-order valence-electron chi connectivity index (χ3n) is 3.36. The van der Waals surface area contributed by atoms with Gasteiger partial charge in [0, 0.05) is 11.1 Å². The van der Waals surface area contributed by atoms with Crippen LogP contribution in [0.2, 0.25) is 0 Å². The Morgan fingerprint density at radius 2 is 1.63 bits per heavy atom. The quantitative estimate of drug-likeness (QED) is 0.717. The van der Waals surface area contributed by atoms with Gasteiger partial charge in [0.25, 0.3) is 0 Å². The molecule has 0 spiro atoms. The van der Waals surface area contributed by atoms with E-state index < -0.39 is 0 Å². The van der Waals surface area contributed by atoms with Crippen LogP contribution < -0.4 is 0 Å². The first kappa shape index (κ1) is 11.7. The van der Waals surface area contributed by atoms with Crippen LogP contribution in [0.1, 0.15) is 11.1 Å². The van der Waals surface area contributed by atoms with Crippen molar-refractivity contribution >= 4 is 0 Å². The Labute approximate surface area is 113 Å². The van der Waals surface area contributed by atoms with E-state index in [1.807, 2.05) is 0 Å². The normalized spacial score (nSPS) is 10.6. The topological polar surface area (TPSA) is 28.7 Å². The molecule has 1 aromatic heterocycles. The molecule has 0 aliphatic heterocycles. The summed E-state index contributed by atoms with van der Waals surface area (Å²) in [6, 6.07) is 18.9. The molecule has 3 aromatic rings. The molecule has 1 N–H and O–H groups in total. The van der Waals surface area contributed by atoms with Crippen LogP contribution in [0, 0.1) is 13.8 Å². The molecule has 2 aromatic carbocycles. The molecule has 0 saturated heterocycles. The average molecular weight is 248 g/mol. The number of aromatic nitrogens is 2. The highest BCUT2D eigenvalue weighted by atomic mass is 15.1. The smallest absolute Gasteiger partial charge is 0.0927 e. The van der Waals surface area contributed by atoms with Gasteiger partial charge in [-0.1, -0.05) is 54.1 Å². The summed E-state index contributed by atoms with van der Waals surface area (Å²) in [6.07, 6.45) is 0. The zero-order valence-corrected chi connectivity index (χ0v) is 11.1. The minimum absolute atomic E-state index is 0.984. The van der Waals surface area contributed by atoms with Crippen molar-refractivity contribution in [3.05, 3.63) is 65.7 Å². The molecule has 3 rings (SSSR count). The van der Waals surface area contributed by atoms with E-state index in [0.29, 0.717) is 0 Å². The van der Waals surface area contributed by atoms with Gasteiger partial charge < -0.3 is 0 Å². The van der Waals surface area contributed by atoms with Gasteiger partial charge in [-0.2, -0.15) is 5.10 Å². The lowest BCUT2D eigenvalue weighted by Crippen LogP contribution is -1.81. The second-order valence-corrected chi connectivity index (χ2v) is 4.85. The van der Waals surface area contributed by atoms with E-state index in [9.17, 15) is 0 Å². The zero-order chi connectivity index (χ0) is 13.2. The van der Waals surface area contributed by atoms with E-state index >= 15 is 0 Å². The molecule has 0 amide bonds. The third-order valence-corrected chi connectivity index (χ3v) is 3.36. The maximum absolute atomic E-state index is 4.41. The number of rotatable bonds is 2. The predicted octanol–water partition coefficient (Wildman–Crippen LogP) is 4.36. The van der Waals surface area contributed by atoms with Crippen LogP contribution in [0.4, 0.5) is 0 Å². The maximum Gasteiger partial charge on any atom is 0.0927 e. The molecule has 94 valence electrons. The fraction of sp³-hybridized carbons (Fsp3) is 0.118. The van der Waals surface area contributed by atoms with Gasteiger partial charge in [-0.05, 0) is 25.5 Å². The molecular weight excluding hydrogens is 232 g/mol. The number of H-pyrrole nitrogens is 1. The lowest BCUT2D eigenvalue weighted by molar-refractivity contribution is 1.10. The number of nitrogens with one attached hydrogen (secondary N) is 1. The van der Waals surface area contributed by atoms with Gasteiger partial charge in [0.2, 0.25) is 0 Å². The first-order chi connectivity index (χ1) is 9.24. The third kappa shape index (κ3) is 2.29. The van der Waals surface area contributed by atoms with E-state index in [1.54, 1.807) is 0 Å². The minimum Gasteiger partial charge on any atom is -0.277 e. The summed E-state index contributed by atoms with van der Waals surface area (Å²) in [4.78, 5) is 0. The molecule has 0 fully saturated rings. The molecule has 2 nitrogen and oxygen atoms in total. The molecule has 0 saturated carbocycles. The van der Waals surface area contributed by atoms with E-state index in [1.165, 1.54) is 16.7 Å². The Balaban J connectivity index is 2.00. The van der Waals surface area contributed by atoms with Crippen molar-refractivity contribution in [2.45, 2.75) is 13.8 Å². The van der Waals surface area contributed by atoms with Gasteiger partial charge in [-0.3, -0.25) is 5.10 Å². The van der Waals surface area contributed by atoms with Crippen LogP contribution in [0.25, 0.3) is 22.5 Å². The lowest BCUT2D eigenvalue weighted by Gasteiger charge is -2.01. The zero-order valence-electron chi connectivity index (χ0n) is 11.1. The van der Waals surface area contributed by atoms with Crippen molar-refractivity contribution in [2.24, 2.45) is 0 Å². The van der Waals surface area contributed by atoms with Crippen LogP contribution in [0.15, 0.2) is 54.6 Å². The monoisotopic (exact) mass is 248 g/mol. The fourth-order valence-corrected chi connectivity index (χ4v) is 2.21. The first-order valence-corrected chi connectivity index (χ1v) is 6.42. The summed E-state index contributed by atoms with van der Waals surface area (Å²) in [5, 5.41) is 7.53. The van der Waals surface area contributed by atoms with Crippen LogP contribution >= 0.6 is 0 Å². The number of benzene rings is 2. The first-order valence-electron chi connectivity index (χ1n) is 6.42. The van der Waals surface area contributed by atoms with E-state index in [4.69, 9.17) is 0 Å². The standard InChI is InChI=1S/C17H16N2/c1-12-7-9-14(10-8-12)16-11-17(19-18-16)15-6-4-3-5-13(15)2/h3-11H,1-2H3,(H,18,19). The van der Waals surface area contributed by atoms with E-state index in [0.717, 1.165) is 17.0 Å². The molecule has 0 bridgehead atoms. The van der Waals surface area contributed by atoms with E-state index in [-0.39, 0.29) is 0 Å². The number of hydrogen-bond donors (Lipinski definition) is 1. The van der Waals surface area contributed by atoms with Gasteiger partial charge in [0.05, 0.1) is 11.4 Å². The highest BCUT2D eigenvalue weighted by molar-refractivity contribution is 5.70. The lowest BCUT2D eigenvalue weighted by atomic mass is 10.0. The Morgan fingerprint density at radius 1 is 0.895 bits per heavy atom. The molecule has 0 unspecified atom stereocenters. The molecule has 19 heavy (non-hydrogen) atoms. The highest BCUT2D eigenvalue weighted by Crippen LogP contribution is 2.25. The number of hydrogen-bond acceptors (Lipinski definition) is 1. The summed E-state index contributed by atoms with van der Waals surface area (Å²) in [7, 11) is 0. The van der Waals surface area contributed by atoms with Crippen molar-refractivity contribution in [1.82, 2.24) is 10.2 Å². The Bertz CT molecular complexity index is 693. The highest BCUT2D eigenvalue weighted by Gasteiger charge is 2.07. The van der Waals surface area contributed by atoms with Gasteiger partial charge in [-0.15, -0.1) is 0 Å². The molecule has 0 atom stereocenters.